The monoisotopic (exact) mass is 292 g/mol. The number of piperidine rings is 1. The first-order chi connectivity index (χ1) is 10.2. The zero-order valence-corrected chi connectivity index (χ0v) is 12.8. The molecule has 1 aromatic rings. The number of methoxy groups -OCH3 is 1. The van der Waals surface area contributed by atoms with Crippen LogP contribution < -0.4 is 14.8 Å². The molecule has 0 aliphatic carbocycles. The number of benzene rings is 1. The van der Waals surface area contributed by atoms with Gasteiger partial charge in [-0.25, -0.2) is 0 Å². The minimum absolute atomic E-state index is 0.149. The molecule has 0 aromatic heterocycles. The van der Waals surface area contributed by atoms with Crippen LogP contribution in [0.2, 0.25) is 0 Å². The van der Waals surface area contributed by atoms with E-state index in [-0.39, 0.29) is 5.91 Å². The van der Waals surface area contributed by atoms with Crippen molar-refractivity contribution in [2.24, 2.45) is 0 Å². The van der Waals surface area contributed by atoms with Crippen LogP contribution in [0.5, 0.6) is 11.5 Å². The summed E-state index contributed by atoms with van der Waals surface area (Å²) in [4.78, 5) is 14.0. The highest BCUT2D eigenvalue weighted by molar-refractivity contribution is 5.76. The van der Waals surface area contributed by atoms with Gasteiger partial charge in [0.25, 0.3) is 0 Å². The quantitative estimate of drug-likeness (QED) is 0.866. The summed E-state index contributed by atoms with van der Waals surface area (Å²) in [6.45, 7) is 2.38. The predicted molar refractivity (Wildman–Crippen MR) is 81.8 cm³/mol. The van der Waals surface area contributed by atoms with Gasteiger partial charge < -0.3 is 19.7 Å². The fourth-order valence-electron chi connectivity index (χ4n) is 2.50. The van der Waals surface area contributed by atoms with Crippen molar-refractivity contribution in [1.82, 2.24) is 10.2 Å². The molecule has 116 valence electrons. The lowest BCUT2D eigenvalue weighted by Crippen LogP contribution is -2.44. The van der Waals surface area contributed by atoms with Gasteiger partial charge in [0.05, 0.1) is 20.1 Å². The summed E-state index contributed by atoms with van der Waals surface area (Å²) in [5.74, 6) is 1.70. The van der Waals surface area contributed by atoms with Gasteiger partial charge in [-0.2, -0.15) is 0 Å². The summed E-state index contributed by atoms with van der Waals surface area (Å²) in [7, 11) is 3.52. The molecule has 1 amide bonds. The fourth-order valence-corrected chi connectivity index (χ4v) is 2.50. The molecule has 0 bridgehead atoms. The van der Waals surface area contributed by atoms with Crippen molar-refractivity contribution in [3.63, 3.8) is 0 Å². The Hall–Kier alpha value is -1.75. The second kappa shape index (κ2) is 7.88. The zero-order chi connectivity index (χ0) is 15.1. The molecule has 1 fully saturated rings. The van der Waals surface area contributed by atoms with Crippen molar-refractivity contribution in [1.29, 1.82) is 0 Å². The molecule has 2 rings (SSSR count). The summed E-state index contributed by atoms with van der Waals surface area (Å²) in [6.07, 6.45) is 2.47. The number of ether oxygens (including phenoxy) is 2. The van der Waals surface area contributed by atoms with E-state index in [1.54, 1.807) is 7.11 Å². The third-order valence-electron chi connectivity index (χ3n) is 3.89. The minimum atomic E-state index is 0.149. The van der Waals surface area contributed by atoms with Gasteiger partial charge in [0, 0.05) is 13.1 Å². The van der Waals surface area contributed by atoms with Gasteiger partial charge in [-0.15, -0.1) is 0 Å². The van der Waals surface area contributed by atoms with Gasteiger partial charge in [-0.05, 0) is 50.2 Å². The Morgan fingerprint density at radius 2 is 1.86 bits per heavy atom. The average molecular weight is 292 g/mol. The number of rotatable bonds is 6. The highest BCUT2D eigenvalue weighted by atomic mass is 16.5. The SMILES string of the molecule is COc1ccc(OCCC(=O)N(C)C2CCNCC2)cc1. The smallest absolute Gasteiger partial charge is 0.225 e. The first-order valence-corrected chi connectivity index (χ1v) is 7.44. The van der Waals surface area contributed by atoms with E-state index in [0.29, 0.717) is 19.1 Å². The Balaban J connectivity index is 1.72. The average Bonchev–Trinajstić information content (AvgIpc) is 2.55. The van der Waals surface area contributed by atoms with Crippen LogP contribution in [0, 0.1) is 0 Å². The van der Waals surface area contributed by atoms with E-state index < -0.39 is 0 Å². The Morgan fingerprint density at radius 3 is 2.48 bits per heavy atom. The number of nitrogens with zero attached hydrogens (tertiary/aromatic N) is 1. The predicted octanol–water partition coefficient (Wildman–Crippen LogP) is 1.67. The first-order valence-electron chi connectivity index (χ1n) is 7.44. The lowest BCUT2D eigenvalue weighted by molar-refractivity contribution is -0.132. The topological polar surface area (TPSA) is 50.8 Å². The van der Waals surface area contributed by atoms with Crippen molar-refractivity contribution >= 4 is 5.91 Å². The number of hydrogen-bond acceptors (Lipinski definition) is 4. The van der Waals surface area contributed by atoms with E-state index in [4.69, 9.17) is 9.47 Å². The van der Waals surface area contributed by atoms with Crippen molar-refractivity contribution in [2.75, 3.05) is 33.9 Å². The number of amides is 1. The molecule has 0 spiro atoms. The molecule has 1 aromatic carbocycles. The number of hydrogen-bond donors (Lipinski definition) is 1. The number of nitrogens with one attached hydrogen (secondary N) is 1. The number of carbonyl (C=O) groups excluding carboxylic acids is 1. The molecule has 1 N–H and O–H groups in total. The highest BCUT2D eigenvalue weighted by Gasteiger charge is 2.21. The molecular formula is C16H24N2O3. The molecule has 5 heteroatoms. The molecule has 0 unspecified atom stereocenters. The Bertz CT molecular complexity index is 441. The molecule has 5 nitrogen and oxygen atoms in total. The van der Waals surface area contributed by atoms with Crippen LogP contribution in [0.1, 0.15) is 19.3 Å². The lowest BCUT2D eigenvalue weighted by Gasteiger charge is -2.31. The molecule has 1 aliphatic rings. The Kier molecular flexibility index (Phi) is 5.87. The molecular weight excluding hydrogens is 268 g/mol. The van der Waals surface area contributed by atoms with Crippen LogP contribution in [-0.2, 0) is 4.79 Å². The molecule has 1 aliphatic heterocycles. The van der Waals surface area contributed by atoms with E-state index in [1.165, 1.54) is 0 Å². The lowest BCUT2D eigenvalue weighted by atomic mass is 10.1. The van der Waals surface area contributed by atoms with E-state index in [1.807, 2.05) is 36.2 Å². The first kappa shape index (κ1) is 15.6. The molecule has 0 saturated carbocycles. The highest BCUT2D eigenvalue weighted by Crippen LogP contribution is 2.17. The van der Waals surface area contributed by atoms with Gasteiger partial charge in [-0.3, -0.25) is 4.79 Å². The summed E-state index contributed by atoms with van der Waals surface area (Å²) in [6, 6.07) is 7.75. The standard InChI is InChI=1S/C16H24N2O3/c1-18(13-7-10-17-11-8-13)16(19)9-12-21-15-5-3-14(20-2)4-6-15/h3-6,13,17H,7-12H2,1-2H3. The largest absolute Gasteiger partial charge is 0.497 e. The van der Waals surface area contributed by atoms with Crippen molar-refractivity contribution < 1.29 is 14.3 Å². The van der Waals surface area contributed by atoms with Crippen molar-refractivity contribution in [2.45, 2.75) is 25.3 Å². The van der Waals surface area contributed by atoms with Gasteiger partial charge in [0.1, 0.15) is 11.5 Å². The third kappa shape index (κ3) is 4.63. The normalized spacial score (nSPS) is 15.5. The van der Waals surface area contributed by atoms with Crippen LogP contribution in [-0.4, -0.2) is 50.7 Å². The third-order valence-corrected chi connectivity index (χ3v) is 3.89. The Morgan fingerprint density at radius 1 is 1.24 bits per heavy atom. The second-order valence-electron chi connectivity index (χ2n) is 5.26. The fraction of sp³-hybridized carbons (Fsp3) is 0.562. The summed E-state index contributed by atoms with van der Waals surface area (Å²) in [5, 5.41) is 3.31. The van der Waals surface area contributed by atoms with Crippen LogP contribution in [0.25, 0.3) is 0 Å². The summed E-state index contributed by atoms with van der Waals surface area (Å²) < 4.78 is 10.7. The van der Waals surface area contributed by atoms with Gasteiger partial charge in [0.2, 0.25) is 5.91 Å². The second-order valence-corrected chi connectivity index (χ2v) is 5.26. The molecule has 0 radical (unpaired) electrons. The maximum Gasteiger partial charge on any atom is 0.225 e. The maximum absolute atomic E-state index is 12.1. The minimum Gasteiger partial charge on any atom is -0.497 e. The maximum atomic E-state index is 12.1. The van der Waals surface area contributed by atoms with Crippen LogP contribution in [0.15, 0.2) is 24.3 Å². The van der Waals surface area contributed by atoms with E-state index in [0.717, 1.165) is 37.4 Å². The van der Waals surface area contributed by atoms with E-state index in [2.05, 4.69) is 5.32 Å². The van der Waals surface area contributed by atoms with Gasteiger partial charge in [0.15, 0.2) is 0 Å². The van der Waals surface area contributed by atoms with Crippen molar-refractivity contribution in [3.05, 3.63) is 24.3 Å². The van der Waals surface area contributed by atoms with E-state index >= 15 is 0 Å². The summed E-state index contributed by atoms with van der Waals surface area (Å²) >= 11 is 0. The van der Waals surface area contributed by atoms with Gasteiger partial charge in [-0.1, -0.05) is 0 Å². The zero-order valence-electron chi connectivity index (χ0n) is 12.8. The summed E-state index contributed by atoms with van der Waals surface area (Å²) in [5.41, 5.74) is 0. The molecule has 1 saturated heterocycles. The molecule has 0 atom stereocenters. The van der Waals surface area contributed by atoms with Gasteiger partial charge >= 0.3 is 0 Å². The van der Waals surface area contributed by atoms with Crippen LogP contribution in [0.4, 0.5) is 0 Å². The van der Waals surface area contributed by atoms with Crippen LogP contribution in [0.3, 0.4) is 0 Å². The molecule has 21 heavy (non-hydrogen) atoms. The number of carbonyl (C=O) groups is 1. The molecule has 1 heterocycles. The Labute approximate surface area is 126 Å². The van der Waals surface area contributed by atoms with E-state index in [9.17, 15) is 4.79 Å². The van der Waals surface area contributed by atoms with Crippen LogP contribution >= 0.6 is 0 Å². The van der Waals surface area contributed by atoms with Crippen molar-refractivity contribution in [3.8, 4) is 11.5 Å².